The van der Waals surface area contributed by atoms with Crippen LogP contribution < -0.4 is 15.0 Å². The zero-order valence-electron chi connectivity index (χ0n) is 25.5. The molecule has 0 atom stereocenters. The Bertz CT molecular complexity index is 1600. The molecule has 11 nitrogen and oxygen atoms in total. The van der Waals surface area contributed by atoms with Crippen molar-refractivity contribution in [2.75, 3.05) is 36.5 Å². The number of carboxylic acid groups (broad SMARTS) is 1. The van der Waals surface area contributed by atoms with Crippen molar-refractivity contribution >= 4 is 34.4 Å². The monoisotopic (exact) mass is 609 g/mol. The van der Waals surface area contributed by atoms with E-state index in [9.17, 15) is 9.59 Å². The van der Waals surface area contributed by atoms with Crippen molar-refractivity contribution in [3.8, 4) is 17.1 Å². The first kappa shape index (κ1) is 30.4. The minimum atomic E-state index is -0.788. The van der Waals surface area contributed by atoms with Crippen LogP contribution in [0, 0.1) is 5.92 Å². The third-order valence-electron chi connectivity index (χ3n) is 8.84. The fraction of sp³-hybridized carbons (Fsp3) is 0.412. The molecule has 1 aliphatic carbocycles. The van der Waals surface area contributed by atoms with Gasteiger partial charge in [0.2, 0.25) is 11.9 Å². The number of nitrogens with one attached hydrogen (secondary N) is 1. The maximum absolute atomic E-state index is 12.8. The highest BCUT2D eigenvalue weighted by Crippen LogP contribution is 2.31. The Hall–Kier alpha value is -4.64. The van der Waals surface area contributed by atoms with Crippen LogP contribution in [0.3, 0.4) is 0 Å². The molecular formula is C34H39N7O4. The average Bonchev–Trinajstić information content (AvgIpc) is 3.05. The Kier molecular flexibility index (Phi) is 9.44. The van der Waals surface area contributed by atoms with Crippen LogP contribution in [0.5, 0.6) is 6.01 Å². The molecule has 2 aromatic heterocycles. The second-order valence-electron chi connectivity index (χ2n) is 12.0. The van der Waals surface area contributed by atoms with E-state index in [0.717, 1.165) is 79.3 Å². The molecule has 4 aromatic rings. The van der Waals surface area contributed by atoms with Crippen molar-refractivity contribution in [1.82, 2.24) is 24.8 Å². The van der Waals surface area contributed by atoms with Gasteiger partial charge in [0.25, 0.3) is 0 Å². The summed E-state index contributed by atoms with van der Waals surface area (Å²) in [5.41, 5.74) is 3.64. The van der Waals surface area contributed by atoms with Crippen molar-refractivity contribution in [2.45, 2.75) is 57.5 Å². The Labute approximate surface area is 262 Å². The van der Waals surface area contributed by atoms with Crippen molar-refractivity contribution in [1.29, 1.82) is 0 Å². The van der Waals surface area contributed by atoms with Crippen LogP contribution in [-0.2, 0) is 9.59 Å². The predicted molar refractivity (Wildman–Crippen MR) is 172 cm³/mol. The number of aliphatic carboxylic acids is 1. The van der Waals surface area contributed by atoms with Crippen molar-refractivity contribution in [3.05, 3.63) is 67.1 Å². The number of ether oxygens (including phenoxy) is 1. The van der Waals surface area contributed by atoms with Gasteiger partial charge in [0, 0.05) is 54.2 Å². The molecule has 0 spiro atoms. The molecule has 3 heterocycles. The summed E-state index contributed by atoms with van der Waals surface area (Å²) in [4.78, 5) is 45.5. The van der Waals surface area contributed by atoms with E-state index in [1.54, 1.807) is 19.3 Å². The van der Waals surface area contributed by atoms with Gasteiger partial charge in [-0.2, -0.15) is 0 Å². The number of hydrogen-bond donors (Lipinski definition) is 2. The molecule has 1 aliphatic heterocycles. The maximum atomic E-state index is 12.8. The number of rotatable bonds is 10. The molecule has 1 saturated carbocycles. The molecule has 2 aliphatic rings. The van der Waals surface area contributed by atoms with E-state index in [2.05, 4.69) is 25.3 Å². The smallest absolute Gasteiger partial charge is 0.317 e. The van der Waals surface area contributed by atoms with Crippen LogP contribution in [0.2, 0.25) is 0 Å². The normalized spacial score (nSPS) is 19.2. The van der Waals surface area contributed by atoms with Gasteiger partial charge in [-0.05, 0) is 81.3 Å². The largest absolute Gasteiger partial charge is 0.480 e. The number of benzene rings is 2. The van der Waals surface area contributed by atoms with Crippen molar-refractivity contribution in [3.63, 3.8) is 0 Å². The molecule has 234 valence electrons. The highest BCUT2D eigenvalue weighted by Gasteiger charge is 2.29. The number of carboxylic acids is 1. The molecule has 0 unspecified atom stereocenters. The molecule has 2 aromatic carbocycles. The topological polar surface area (TPSA) is 134 Å². The Balaban J connectivity index is 1.00. The average molecular weight is 610 g/mol. The number of hydrogen-bond acceptors (Lipinski definition) is 9. The second-order valence-corrected chi connectivity index (χ2v) is 12.0. The third-order valence-corrected chi connectivity index (χ3v) is 8.84. The van der Waals surface area contributed by atoms with Gasteiger partial charge in [-0.25, -0.2) is 19.9 Å². The van der Waals surface area contributed by atoms with E-state index in [4.69, 9.17) is 9.84 Å². The minimum Gasteiger partial charge on any atom is -0.480 e. The number of carbonyl (C=O) groups is 2. The van der Waals surface area contributed by atoms with Crippen LogP contribution in [0.15, 0.2) is 67.1 Å². The lowest BCUT2D eigenvalue weighted by molar-refractivity contribution is -0.138. The van der Waals surface area contributed by atoms with Crippen LogP contribution in [-0.4, -0.2) is 80.1 Å². The van der Waals surface area contributed by atoms with Gasteiger partial charge in [0.1, 0.15) is 0 Å². The lowest BCUT2D eigenvalue weighted by atomic mass is 9.89. The van der Waals surface area contributed by atoms with E-state index in [1.807, 2.05) is 64.5 Å². The van der Waals surface area contributed by atoms with E-state index in [0.29, 0.717) is 24.5 Å². The summed E-state index contributed by atoms with van der Waals surface area (Å²) in [6.07, 6.45) is 10.8. The number of carbonyl (C=O) groups excluding carboxylic acids is 1. The molecule has 0 bridgehead atoms. The van der Waals surface area contributed by atoms with Crippen molar-refractivity contribution in [2.24, 2.45) is 5.92 Å². The standard InChI is InChI=1S/C34H39N7O4/c1-23(42)41(30-12-8-28(9-13-30)38-33-35-18-26-4-2-3-5-31(26)39-33)29-10-6-25(7-11-29)27-19-36-34(37-20-27)45-22-24-14-16-40(17-15-24)21-32(43)44/h2-7,10-11,18-20,24,28,30H,8-9,12-17,21-22H2,1H3,(H,43,44)(H,35,38,39). The number of piperidine rings is 1. The van der Waals surface area contributed by atoms with Gasteiger partial charge in [-0.3, -0.25) is 14.5 Å². The Morgan fingerprint density at radius 2 is 1.62 bits per heavy atom. The summed E-state index contributed by atoms with van der Waals surface area (Å²) in [6, 6.07) is 16.7. The second kappa shape index (κ2) is 14.0. The van der Waals surface area contributed by atoms with Gasteiger partial charge in [-0.1, -0.05) is 30.3 Å². The number of aromatic nitrogens is 4. The Morgan fingerprint density at radius 3 is 2.31 bits per heavy atom. The zero-order chi connectivity index (χ0) is 31.2. The molecule has 0 radical (unpaired) electrons. The highest BCUT2D eigenvalue weighted by atomic mass is 16.5. The van der Waals surface area contributed by atoms with Gasteiger partial charge < -0.3 is 20.1 Å². The van der Waals surface area contributed by atoms with E-state index < -0.39 is 5.97 Å². The predicted octanol–water partition coefficient (Wildman–Crippen LogP) is 5.04. The van der Waals surface area contributed by atoms with Crippen LogP contribution in [0.4, 0.5) is 11.6 Å². The summed E-state index contributed by atoms with van der Waals surface area (Å²) >= 11 is 0. The molecule has 2 N–H and O–H groups in total. The lowest BCUT2D eigenvalue weighted by Gasteiger charge is -2.36. The number of nitrogens with zero attached hydrogens (tertiary/aromatic N) is 6. The van der Waals surface area contributed by atoms with Gasteiger partial charge in [0.15, 0.2) is 0 Å². The summed E-state index contributed by atoms with van der Waals surface area (Å²) < 4.78 is 5.84. The first-order valence-corrected chi connectivity index (χ1v) is 15.7. The van der Waals surface area contributed by atoms with Gasteiger partial charge >= 0.3 is 12.0 Å². The summed E-state index contributed by atoms with van der Waals surface area (Å²) in [5, 5.41) is 13.5. The molecular weight excluding hydrogens is 570 g/mol. The fourth-order valence-corrected chi connectivity index (χ4v) is 6.40. The minimum absolute atomic E-state index is 0.0365. The molecule has 6 rings (SSSR count). The quantitative estimate of drug-likeness (QED) is 0.252. The first-order valence-electron chi connectivity index (χ1n) is 15.7. The van der Waals surface area contributed by atoms with Crippen LogP contribution in [0.25, 0.3) is 22.0 Å². The summed E-state index contributed by atoms with van der Waals surface area (Å²) in [6.45, 7) is 3.76. The van der Waals surface area contributed by atoms with Gasteiger partial charge in [-0.15, -0.1) is 0 Å². The summed E-state index contributed by atoms with van der Waals surface area (Å²) in [5.74, 6) is 0.258. The fourth-order valence-electron chi connectivity index (χ4n) is 6.40. The molecule has 11 heteroatoms. The zero-order valence-corrected chi connectivity index (χ0v) is 25.5. The molecule has 1 saturated heterocycles. The van der Waals surface area contributed by atoms with E-state index in [1.165, 1.54) is 0 Å². The van der Waals surface area contributed by atoms with Crippen LogP contribution >= 0.6 is 0 Å². The SMILES string of the molecule is CC(=O)N(c1ccc(-c2cnc(OCC3CCN(CC(=O)O)CC3)nc2)cc1)C1CCC(Nc2ncc3ccccc3n2)CC1. The lowest BCUT2D eigenvalue weighted by Crippen LogP contribution is -2.43. The number of fused-ring (bicyclic) bond motifs is 1. The number of likely N-dealkylation sites (tertiary alicyclic amines) is 1. The van der Waals surface area contributed by atoms with Crippen LogP contribution in [0.1, 0.15) is 45.4 Å². The maximum Gasteiger partial charge on any atom is 0.317 e. The molecule has 2 fully saturated rings. The van der Waals surface area contributed by atoms with Crippen molar-refractivity contribution < 1.29 is 19.4 Å². The first-order chi connectivity index (χ1) is 21.9. The van der Waals surface area contributed by atoms with E-state index >= 15 is 0 Å². The summed E-state index contributed by atoms with van der Waals surface area (Å²) in [7, 11) is 0. The third kappa shape index (κ3) is 7.72. The number of para-hydroxylation sites is 1. The highest BCUT2D eigenvalue weighted by molar-refractivity contribution is 5.92. The number of anilines is 2. The molecule has 1 amide bonds. The van der Waals surface area contributed by atoms with Gasteiger partial charge in [0.05, 0.1) is 18.7 Å². The molecule has 45 heavy (non-hydrogen) atoms. The Morgan fingerprint density at radius 1 is 0.911 bits per heavy atom. The number of amides is 1. The van der Waals surface area contributed by atoms with E-state index in [-0.39, 0.29) is 24.5 Å².